The maximum atomic E-state index is 2.48. The summed E-state index contributed by atoms with van der Waals surface area (Å²) in [5.74, 6) is 0. The van der Waals surface area contributed by atoms with Crippen LogP contribution in [0.3, 0.4) is 0 Å². The summed E-state index contributed by atoms with van der Waals surface area (Å²) in [6.07, 6.45) is 41.3. The minimum Gasteiger partial charge on any atom is -0.147 e. The molecule has 0 aromatic heterocycles. The summed E-state index contributed by atoms with van der Waals surface area (Å²) in [6.45, 7) is 0. The van der Waals surface area contributed by atoms with Gasteiger partial charge in [0.05, 0.1) is 0 Å². The molecule has 0 spiro atoms. The third-order valence-electron chi connectivity index (χ3n) is 7.07. The molecular weight excluding hydrogens is 455 g/mol. The Balaban J connectivity index is 0.000001000. The number of allylic oxidation sites excluding steroid dienone is 20. The van der Waals surface area contributed by atoms with Gasteiger partial charge >= 0.3 is 158 Å². The van der Waals surface area contributed by atoms with Gasteiger partial charge in [0.15, 0.2) is 0 Å². The van der Waals surface area contributed by atoms with Gasteiger partial charge in [0.2, 0.25) is 0 Å². The van der Waals surface area contributed by atoms with Gasteiger partial charge in [0, 0.05) is 0 Å². The maximum absolute atomic E-state index is 3.68. The van der Waals surface area contributed by atoms with Gasteiger partial charge in [-0.15, -0.1) is 37.2 Å². The molecule has 0 amide bonds. The van der Waals surface area contributed by atoms with E-state index in [0.717, 1.165) is 32.1 Å². The number of hydrogen-bond acceptors (Lipinski definition) is 0. The van der Waals surface area contributed by atoms with Gasteiger partial charge in [-0.25, -0.2) is 0 Å². The molecule has 0 bridgehead atoms. The summed E-state index contributed by atoms with van der Waals surface area (Å²) in [5.41, 5.74) is 0. The van der Waals surface area contributed by atoms with Gasteiger partial charge in [-0.2, -0.15) is 0 Å². The Morgan fingerprint density at radius 2 is 0.586 bits per heavy atom. The monoisotopic (exact) mass is 481 g/mol. The van der Waals surface area contributed by atoms with Gasteiger partial charge < -0.3 is 0 Å². The molecule has 0 radical (unpaired) electrons. The van der Waals surface area contributed by atoms with Crippen molar-refractivity contribution in [3.05, 3.63) is 111 Å². The third-order valence-corrected chi connectivity index (χ3v) is 20.0. The van der Waals surface area contributed by atoms with E-state index in [0.29, 0.717) is 0 Å². The SMILES string of the molecule is C1=CC[C]([Ti]([C]2=CC=CC2)([C]2=CC=CC2)([C]2=CC=CC2)[C]2=CC=CC2)=C1.Cl.Cl.Cl. The molecule has 0 fully saturated rings. The Kier molecular flexibility index (Phi) is 7.88. The Morgan fingerprint density at radius 3 is 0.724 bits per heavy atom. The predicted molar refractivity (Wildman–Crippen MR) is 131 cm³/mol. The van der Waals surface area contributed by atoms with Gasteiger partial charge in [-0.1, -0.05) is 0 Å². The molecule has 5 aliphatic carbocycles. The normalized spacial score (nSPS) is 22.1. The van der Waals surface area contributed by atoms with Crippen LogP contribution in [0.5, 0.6) is 0 Å². The first kappa shape index (κ1) is 24.3. The second kappa shape index (κ2) is 9.42. The molecule has 0 nitrogen and oxygen atoms in total. The summed E-state index contributed by atoms with van der Waals surface area (Å²) in [4.78, 5) is 0. The Hall–Kier alpha value is -1.02. The van der Waals surface area contributed by atoms with Crippen LogP contribution in [0.1, 0.15) is 32.1 Å². The second-order valence-electron chi connectivity index (χ2n) is 7.87. The van der Waals surface area contributed by atoms with E-state index >= 15 is 0 Å². The molecule has 0 aromatic carbocycles. The molecule has 5 aliphatic rings. The molecule has 29 heavy (non-hydrogen) atoms. The fourth-order valence-electron chi connectivity index (χ4n) is 6.15. The van der Waals surface area contributed by atoms with E-state index in [1.807, 2.05) is 0 Å². The molecule has 0 heterocycles. The first-order valence-corrected chi connectivity index (χ1v) is 13.7. The van der Waals surface area contributed by atoms with Crippen LogP contribution in [0.25, 0.3) is 0 Å². The first-order valence-electron chi connectivity index (χ1n) is 9.84. The zero-order valence-corrected chi connectivity index (χ0v) is 20.4. The molecule has 0 atom stereocenters. The van der Waals surface area contributed by atoms with Crippen molar-refractivity contribution in [3.8, 4) is 0 Å². The van der Waals surface area contributed by atoms with Crippen LogP contribution in [0, 0.1) is 0 Å². The summed E-state index contributed by atoms with van der Waals surface area (Å²) in [6, 6.07) is 0. The number of hydrogen-bond donors (Lipinski definition) is 0. The molecule has 0 aliphatic heterocycles. The van der Waals surface area contributed by atoms with Crippen molar-refractivity contribution in [1.82, 2.24) is 0 Å². The van der Waals surface area contributed by atoms with Crippen LogP contribution in [0.2, 0.25) is 0 Å². The van der Waals surface area contributed by atoms with Crippen LogP contribution < -0.4 is 0 Å². The molecule has 5 rings (SSSR count). The molecule has 4 heteroatoms. The largest absolute Gasteiger partial charge is 0.147 e. The molecule has 0 unspecified atom stereocenters. The summed E-state index contributed by atoms with van der Waals surface area (Å²) >= 11 is -3.68. The zero-order valence-electron chi connectivity index (χ0n) is 16.4. The van der Waals surface area contributed by atoms with Gasteiger partial charge in [0.25, 0.3) is 0 Å². The van der Waals surface area contributed by atoms with Crippen LogP contribution in [0.15, 0.2) is 111 Å². The summed E-state index contributed by atoms with van der Waals surface area (Å²) < 4.78 is 8.60. The van der Waals surface area contributed by atoms with Crippen LogP contribution in [0.4, 0.5) is 0 Å². The van der Waals surface area contributed by atoms with Crippen molar-refractivity contribution in [1.29, 1.82) is 0 Å². The van der Waals surface area contributed by atoms with Crippen molar-refractivity contribution >= 4 is 37.2 Å². The first-order chi connectivity index (χ1) is 12.9. The smallest absolute Gasteiger partial charge is 0.147 e. The van der Waals surface area contributed by atoms with Crippen molar-refractivity contribution in [2.75, 3.05) is 0 Å². The van der Waals surface area contributed by atoms with E-state index in [1.54, 1.807) is 19.4 Å². The number of halogens is 3. The minimum atomic E-state index is -3.68. The molecule has 0 saturated heterocycles. The number of rotatable bonds is 5. The van der Waals surface area contributed by atoms with E-state index in [1.165, 1.54) is 0 Å². The Bertz CT molecular complexity index is 786. The van der Waals surface area contributed by atoms with Crippen LogP contribution in [-0.2, 0) is 15.3 Å². The minimum absolute atomic E-state index is 0. The molecular formula is C25H28Cl3Ti. The van der Waals surface area contributed by atoms with Gasteiger partial charge in [-0.05, 0) is 0 Å². The van der Waals surface area contributed by atoms with Crippen molar-refractivity contribution in [3.63, 3.8) is 0 Å². The molecule has 0 saturated carbocycles. The van der Waals surface area contributed by atoms with E-state index in [-0.39, 0.29) is 37.2 Å². The van der Waals surface area contributed by atoms with Crippen LogP contribution in [-0.4, -0.2) is 0 Å². The van der Waals surface area contributed by atoms with Gasteiger partial charge in [0.1, 0.15) is 0 Å². The fourth-order valence-corrected chi connectivity index (χ4v) is 20.1. The molecule has 0 N–H and O–H groups in total. The average molecular weight is 483 g/mol. The molecule has 0 aromatic rings. The second-order valence-corrected chi connectivity index (χ2v) is 16.8. The summed E-state index contributed by atoms with van der Waals surface area (Å²) in [5, 5.41) is 0. The fraction of sp³-hybridized carbons (Fsp3) is 0.200. The summed E-state index contributed by atoms with van der Waals surface area (Å²) in [7, 11) is 0. The van der Waals surface area contributed by atoms with Crippen LogP contribution >= 0.6 is 37.2 Å². The van der Waals surface area contributed by atoms with Crippen molar-refractivity contribution in [2.45, 2.75) is 32.1 Å². The Morgan fingerprint density at radius 1 is 0.379 bits per heavy atom. The molecule has 153 valence electrons. The van der Waals surface area contributed by atoms with E-state index in [9.17, 15) is 0 Å². The van der Waals surface area contributed by atoms with E-state index in [2.05, 4.69) is 91.1 Å². The quantitative estimate of drug-likeness (QED) is 0.347. The van der Waals surface area contributed by atoms with E-state index in [4.69, 9.17) is 0 Å². The van der Waals surface area contributed by atoms with E-state index < -0.39 is 15.3 Å². The van der Waals surface area contributed by atoms with Crippen molar-refractivity contribution in [2.24, 2.45) is 0 Å². The Labute approximate surface area is 194 Å². The maximum Gasteiger partial charge on any atom is -0.147 e. The standard InChI is InChI=1S/5C5H5.3ClH.Ti/c5*1-2-4-5-3-1;;;;/h5*1-3H,4H2;3*1H;. The van der Waals surface area contributed by atoms with Crippen molar-refractivity contribution < 1.29 is 15.3 Å². The predicted octanol–water partition coefficient (Wildman–Crippen LogP) is 8.16. The third kappa shape index (κ3) is 3.08. The topological polar surface area (TPSA) is 0 Å². The zero-order chi connectivity index (χ0) is 17.5. The average Bonchev–Trinajstić information content (AvgIpc) is 3.52. The van der Waals surface area contributed by atoms with Gasteiger partial charge in [-0.3, -0.25) is 0 Å².